The summed E-state index contributed by atoms with van der Waals surface area (Å²) in [7, 11) is 0. The topological polar surface area (TPSA) is 66.6 Å². The summed E-state index contributed by atoms with van der Waals surface area (Å²) in [6.07, 6.45) is 3.88. The van der Waals surface area contributed by atoms with Crippen LogP contribution in [0.5, 0.6) is 0 Å². The summed E-state index contributed by atoms with van der Waals surface area (Å²) in [5.74, 6) is 0.0932. The number of likely N-dealkylation sites (tertiary alicyclic amines) is 1. The van der Waals surface area contributed by atoms with E-state index >= 15 is 0 Å². The molecule has 14 heavy (non-hydrogen) atoms. The quantitative estimate of drug-likeness (QED) is 0.616. The molecular weight excluding hydrogens is 180 g/mol. The van der Waals surface area contributed by atoms with E-state index in [1.165, 1.54) is 0 Å². The highest BCUT2D eigenvalue weighted by atomic mass is 16.3. The zero-order valence-electron chi connectivity index (χ0n) is 8.41. The minimum Gasteiger partial charge on any atom is -0.393 e. The van der Waals surface area contributed by atoms with Crippen LogP contribution in [0.3, 0.4) is 0 Å². The summed E-state index contributed by atoms with van der Waals surface area (Å²) in [5.41, 5.74) is 5.39. The van der Waals surface area contributed by atoms with Crippen LogP contribution in [0.2, 0.25) is 0 Å². The maximum absolute atomic E-state index is 11.9. The summed E-state index contributed by atoms with van der Waals surface area (Å²) in [4.78, 5) is 13.7. The molecule has 1 heterocycles. The van der Waals surface area contributed by atoms with Gasteiger partial charge >= 0.3 is 0 Å². The van der Waals surface area contributed by atoms with E-state index in [-0.39, 0.29) is 12.0 Å². The van der Waals surface area contributed by atoms with Crippen molar-refractivity contribution in [3.8, 4) is 0 Å². The van der Waals surface area contributed by atoms with Crippen molar-refractivity contribution in [3.05, 3.63) is 0 Å². The standard InChI is InChI=1S/C10H18N2O2/c11-10(4-1-5-10)9(14)12-6-2-8(13)3-7-12/h8,13H,1-7,11H2. The molecule has 1 amide bonds. The van der Waals surface area contributed by atoms with Gasteiger partial charge in [0.25, 0.3) is 0 Å². The second kappa shape index (κ2) is 3.51. The highest BCUT2D eigenvalue weighted by Gasteiger charge is 2.43. The van der Waals surface area contributed by atoms with E-state index < -0.39 is 5.54 Å². The Bertz CT molecular complexity index is 230. The number of aliphatic hydroxyl groups excluding tert-OH is 1. The lowest BCUT2D eigenvalue weighted by Crippen LogP contribution is -2.60. The van der Waals surface area contributed by atoms with Crippen molar-refractivity contribution in [2.45, 2.75) is 43.7 Å². The Balaban J connectivity index is 1.92. The third-order valence-corrected chi connectivity index (χ3v) is 3.42. The van der Waals surface area contributed by atoms with Crippen LogP contribution in [0.25, 0.3) is 0 Å². The van der Waals surface area contributed by atoms with E-state index in [9.17, 15) is 9.90 Å². The minimum atomic E-state index is -0.567. The predicted octanol–water partition coefficient (Wildman–Crippen LogP) is -0.149. The Morgan fingerprint density at radius 1 is 1.36 bits per heavy atom. The molecule has 1 aliphatic heterocycles. The van der Waals surface area contributed by atoms with Crippen molar-refractivity contribution >= 4 is 5.91 Å². The molecule has 1 saturated heterocycles. The van der Waals surface area contributed by atoms with Crippen LogP contribution in [0.15, 0.2) is 0 Å². The van der Waals surface area contributed by atoms with E-state index in [1.54, 1.807) is 0 Å². The Morgan fingerprint density at radius 3 is 2.36 bits per heavy atom. The van der Waals surface area contributed by atoms with Crippen molar-refractivity contribution < 1.29 is 9.90 Å². The number of hydrogen-bond acceptors (Lipinski definition) is 3. The van der Waals surface area contributed by atoms with Crippen LogP contribution in [0, 0.1) is 0 Å². The smallest absolute Gasteiger partial charge is 0.242 e. The number of hydrogen-bond donors (Lipinski definition) is 2. The largest absolute Gasteiger partial charge is 0.393 e. The first-order valence-electron chi connectivity index (χ1n) is 5.38. The van der Waals surface area contributed by atoms with Gasteiger partial charge in [-0.15, -0.1) is 0 Å². The second-order valence-corrected chi connectivity index (χ2v) is 4.53. The molecule has 4 nitrogen and oxygen atoms in total. The van der Waals surface area contributed by atoms with Gasteiger partial charge in [-0.05, 0) is 32.1 Å². The number of carbonyl (C=O) groups is 1. The maximum atomic E-state index is 11.9. The molecule has 0 unspecified atom stereocenters. The third-order valence-electron chi connectivity index (χ3n) is 3.42. The molecule has 2 aliphatic rings. The molecule has 0 spiro atoms. The van der Waals surface area contributed by atoms with Crippen LogP contribution in [-0.2, 0) is 4.79 Å². The van der Waals surface area contributed by atoms with E-state index in [0.29, 0.717) is 25.9 Å². The molecule has 2 fully saturated rings. The Hall–Kier alpha value is -0.610. The summed E-state index contributed by atoms with van der Waals surface area (Å²) in [6, 6.07) is 0. The van der Waals surface area contributed by atoms with Crippen molar-refractivity contribution in [1.82, 2.24) is 4.90 Å². The van der Waals surface area contributed by atoms with Gasteiger partial charge in [-0.2, -0.15) is 0 Å². The Kier molecular flexibility index (Phi) is 2.49. The number of piperidine rings is 1. The van der Waals surface area contributed by atoms with Gasteiger partial charge in [-0.3, -0.25) is 4.79 Å². The number of rotatable bonds is 1. The van der Waals surface area contributed by atoms with Gasteiger partial charge in [0.15, 0.2) is 0 Å². The predicted molar refractivity (Wildman–Crippen MR) is 52.6 cm³/mol. The van der Waals surface area contributed by atoms with Crippen molar-refractivity contribution in [2.75, 3.05) is 13.1 Å². The molecular formula is C10H18N2O2. The second-order valence-electron chi connectivity index (χ2n) is 4.53. The van der Waals surface area contributed by atoms with Crippen LogP contribution in [0.4, 0.5) is 0 Å². The SMILES string of the molecule is NC1(C(=O)N2CCC(O)CC2)CCC1. The molecule has 3 N–H and O–H groups in total. The normalized spacial score (nSPS) is 27.1. The molecule has 1 saturated carbocycles. The fourth-order valence-electron chi connectivity index (χ4n) is 2.16. The van der Waals surface area contributed by atoms with Crippen molar-refractivity contribution in [3.63, 3.8) is 0 Å². The van der Waals surface area contributed by atoms with Crippen LogP contribution < -0.4 is 5.73 Å². The molecule has 4 heteroatoms. The Morgan fingerprint density at radius 2 is 1.93 bits per heavy atom. The third kappa shape index (κ3) is 1.64. The van der Waals surface area contributed by atoms with Gasteiger partial charge in [-0.25, -0.2) is 0 Å². The summed E-state index contributed by atoms with van der Waals surface area (Å²) >= 11 is 0. The molecule has 0 bridgehead atoms. The van der Waals surface area contributed by atoms with Crippen molar-refractivity contribution in [2.24, 2.45) is 5.73 Å². The van der Waals surface area contributed by atoms with Gasteiger partial charge in [-0.1, -0.05) is 0 Å². The average Bonchev–Trinajstić information content (AvgIpc) is 2.14. The average molecular weight is 198 g/mol. The zero-order chi connectivity index (χ0) is 10.2. The highest BCUT2D eigenvalue weighted by molar-refractivity contribution is 5.87. The fourth-order valence-corrected chi connectivity index (χ4v) is 2.16. The van der Waals surface area contributed by atoms with E-state index in [4.69, 9.17) is 5.73 Å². The van der Waals surface area contributed by atoms with Gasteiger partial charge in [0.2, 0.25) is 5.91 Å². The maximum Gasteiger partial charge on any atom is 0.242 e. The first-order chi connectivity index (χ1) is 6.62. The van der Waals surface area contributed by atoms with Crippen LogP contribution in [0.1, 0.15) is 32.1 Å². The van der Waals surface area contributed by atoms with Gasteiger partial charge in [0.05, 0.1) is 11.6 Å². The summed E-state index contributed by atoms with van der Waals surface area (Å²) in [6.45, 7) is 1.33. The first-order valence-corrected chi connectivity index (χ1v) is 5.38. The molecule has 0 atom stereocenters. The van der Waals surface area contributed by atoms with Crippen LogP contribution >= 0.6 is 0 Å². The van der Waals surface area contributed by atoms with E-state index in [2.05, 4.69) is 0 Å². The number of carbonyl (C=O) groups excluding carboxylic acids is 1. The molecule has 80 valence electrons. The number of nitrogens with zero attached hydrogens (tertiary/aromatic N) is 1. The molecule has 0 radical (unpaired) electrons. The molecule has 1 aliphatic carbocycles. The lowest BCUT2D eigenvalue weighted by molar-refractivity contribution is -0.142. The zero-order valence-corrected chi connectivity index (χ0v) is 8.41. The van der Waals surface area contributed by atoms with Gasteiger partial charge in [0, 0.05) is 13.1 Å². The Labute approximate surface area is 84.1 Å². The minimum absolute atomic E-state index is 0.0932. The summed E-state index contributed by atoms with van der Waals surface area (Å²) in [5, 5.41) is 9.31. The van der Waals surface area contributed by atoms with E-state index in [0.717, 1.165) is 19.3 Å². The highest BCUT2D eigenvalue weighted by Crippen LogP contribution is 2.31. The summed E-state index contributed by atoms with van der Waals surface area (Å²) < 4.78 is 0. The molecule has 0 aromatic rings. The lowest BCUT2D eigenvalue weighted by Gasteiger charge is -2.42. The monoisotopic (exact) mass is 198 g/mol. The molecule has 0 aromatic carbocycles. The number of amides is 1. The number of nitrogens with two attached hydrogens (primary N) is 1. The fraction of sp³-hybridized carbons (Fsp3) is 0.900. The first kappa shape index (κ1) is 9.93. The van der Waals surface area contributed by atoms with Gasteiger partial charge in [0.1, 0.15) is 0 Å². The van der Waals surface area contributed by atoms with Gasteiger partial charge < -0.3 is 15.7 Å². The number of aliphatic hydroxyl groups is 1. The van der Waals surface area contributed by atoms with E-state index in [1.807, 2.05) is 4.90 Å². The molecule has 2 rings (SSSR count). The van der Waals surface area contributed by atoms with Crippen molar-refractivity contribution in [1.29, 1.82) is 0 Å². The molecule has 0 aromatic heterocycles. The lowest BCUT2D eigenvalue weighted by atomic mass is 9.76. The van der Waals surface area contributed by atoms with Crippen LogP contribution in [-0.4, -0.2) is 40.6 Å².